The van der Waals surface area contributed by atoms with E-state index in [0.29, 0.717) is 24.4 Å². The number of methoxy groups -OCH3 is 3. The number of nitrogens with one attached hydrogen (secondary N) is 3. The molecule has 1 aliphatic rings. The Labute approximate surface area is 232 Å². The third kappa shape index (κ3) is 8.34. The fraction of sp³-hybridized carbons (Fsp3) is 0.519. The zero-order chi connectivity index (χ0) is 29.3. The number of rotatable bonds is 16. The number of Topliss-reactive ketones (excluding diaryl/α,β-unsaturated/α-hetero) is 1. The monoisotopic (exact) mass is 560 g/mol. The topological polar surface area (TPSA) is 171 Å². The fourth-order valence-corrected chi connectivity index (χ4v) is 3.94. The highest BCUT2D eigenvalue weighted by molar-refractivity contribution is 5.99. The molecule has 3 rings (SSSR count). The molecule has 2 heterocycles. The van der Waals surface area contributed by atoms with Crippen LogP contribution in [0.5, 0.6) is 5.75 Å². The van der Waals surface area contributed by atoms with Gasteiger partial charge in [0.2, 0.25) is 11.8 Å². The molecule has 0 bridgehead atoms. The Hall–Kier alpha value is -3.81. The van der Waals surface area contributed by atoms with E-state index >= 15 is 0 Å². The van der Waals surface area contributed by atoms with Crippen molar-refractivity contribution < 1.29 is 42.6 Å². The first kappa shape index (κ1) is 30.7. The standard InChI is InChI=1S/C27H36N4O9/c1-16-12-20(31-40-16)24(33)29-22(14-37-4)26(35)30-21(13-36-3)25(34)28-19(23(32)27(2)15-39-27)11-8-17-6-9-18(38-5)10-7-17/h6-7,9-10,12,19,21-22H,8,11,13-15H2,1-5H3,(H,28,34)(H,29,33)(H,30,35)/t19-,21-,22-,27+/m0/s1. The lowest BCUT2D eigenvalue weighted by atomic mass is 9.94. The van der Waals surface area contributed by atoms with Crippen LogP contribution in [0.1, 0.15) is 35.2 Å². The minimum absolute atomic E-state index is 0.00779. The molecule has 1 aliphatic heterocycles. The summed E-state index contributed by atoms with van der Waals surface area (Å²) in [6.45, 7) is 3.21. The Kier molecular flexibility index (Phi) is 10.8. The number of nitrogens with zero attached hydrogens (tertiary/aromatic N) is 1. The van der Waals surface area contributed by atoms with E-state index < -0.39 is 41.4 Å². The third-order valence-electron chi connectivity index (χ3n) is 6.39. The lowest BCUT2D eigenvalue weighted by Gasteiger charge is -2.25. The Bertz CT molecular complexity index is 1180. The molecular formula is C27H36N4O9. The predicted molar refractivity (Wildman–Crippen MR) is 141 cm³/mol. The summed E-state index contributed by atoms with van der Waals surface area (Å²) in [5.41, 5.74) is -0.0194. The molecule has 0 radical (unpaired) electrons. The van der Waals surface area contributed by atoms with Gasteiger partial charge < -0.3 is 39.4 Å². The average Bonchev–Trinajstić information content (AvgIpc) is 3.55. The number of aryl methyl sites for hydroxylation is 2. The lowest BCUT2D eigenvalue weighted by molar-refractivity contribution is -0.134. The van der Waals surface area contributed by atoms with Crippen molar-refractivity contribution in [1.82, 2.24) is 21.1 Å². The van der Waals surface area contributed by atoms with Crippen LogP contribution in [0, 0.1) is 6.92 Å². The van der Waals surface area contributed by atoms with E-state index in [1.807, 2.05) is 24.3 Å². The number of epoxide rings is 1. The number of aromatic nitrogens is 1. The molecule has 3 amide bonds. The van der Waals surface area contributed by atoms with Gasteiger partial charge in [0.05, 0.1) is 33.0 Å². The van der Waals surface area contributed by atoms with Crippen molar-refractivity contribution in [2.45, 2.75) is 50.4 Å². The second kappa shape index (κ2) is 14.0. The molecule has 218 valence electrons. The number of hydrogen-bond donors (Lipinski definition) is 3. The Morgan fingerprint density at radius 3 is 2.02 bits per heavy atom. The van der Waals surface area contributed by atoms with Crippen molar-refractivity contribution in [1.29, 1.82) is 0 Å². The summed E-state index contributed by atoms with van der Waals surface area (Å²) in [7, 11) is 4.32. The maximum Gasteiger partial charge on any atom is 0.274 e. The predicted octanol–water partition coefficient (Wildman–Crippen LogP) is 0.343. The van der Waals surface area contributed by atoms with E-state index in [9.17, 15) is 19.2 Å². The van der Waals surface area contributed by atoms with Crippen molar-refractivity contribution in [2.24, 2.45) is 0 Å². The van der Waals surface area contributed by atoms with Gasteiger partial charge in [0.25, 0.3) is 5.91 Å². The van der Waals surface area contributed by atoms with Crippen LogP contribution < -0.4 is 20.7 Å². The van der Waals surface area contributed by atoms with Gasteiger partial charge in [-0.2, -0.15) is 0 Å². The normalized spacial score (nSPS) is 18.2. The zero-order valence-electron chi connectivity index (χ0n) is 23.3. The van der Waals surface area contributed by atoms with Gasteiger partial charge in [-0.1, -0.05) is 17.3 Å². The largest absolute Gasteiger partial charge is 0.497 e. The van der Waals surface area contributed by atoms with Crippen molar-refractivity contribution in [2.75, 3.05) is 41.2 Å². The molecule has 0 saturated carbocycles. The van der Waals surface area contributed by atoms with Gasteiger partial charge in [0.15, 0.2) is 11.5 Å². The van der Waals surface area contributed by atoms with Crippen LogP contribution in [0.25, 0.3) is 0 Å². The van der Waals surface area contributed by atoms with E-state index in [2.05, 4.69) is 21.1 Å². The highest BCUT2D eigenvalue weighted by Crippen LogP contribution is 2.29. The molecule has 13 heteroatoms. The summed E-state index contributed by atoms with van der Waals surface area (Å²) in [6.07, 6.45) is 0.810. The summed E-state index contributed by atoms with van der Waals surface area (Å²) in [5, 5.41) is 11.5. The molecule has 0 unspecified atom stereocenters. The summed E-state index contributed by atoms with van der Waals surface area (Å²) in [4.78, 5) is 52.1. The van der Waals surface area contributed by atoms with Crippen LogP contribution >= 0.6 is 0 Å². The number of carbonyl (C=O) groups excluding carboxylic acids is 4. The van der Waals surface area contributed by atoms with Crippen molar-refractivity contribution in [3.8, 4) is 5.75 Å². The summed E-state index contributed by atoms with van der Waals surface area (Å²) in [5.74, 6) is -1.08. The smallest absolute Gasteiger partial charge is 0.274 e. The highest BCUT2D eigenvalue weighted by atomic mass is 16.6. The number of benzene rings is 1. The van der Waals surface area contributed by atoms with E-state index in [4.69, 9.17) is 23.5 Å². The van der Waals surface area contributed by atoms with Gasteiger partial charge in [-0.3, -0.25) is 19.2 Å². The summed E-state index contributed by atoms with van der Waals surface area (Å²) >= 11 is 0. The minimum Gasteiger partial charge on any atom is -0.497 e. The number of amides is 3. The van der Waals surface area contributed by atoms with Crippen molar-refractivity contribution in [3.05, 3.63) is 47.3 Å². The second-order valence-corrected chi connectivity index (χ2v) is 9.65. The van der Waals surface area contributed by atoms with Gasteiger partial charge in [0.1, 0.15) is 29.2 Å². The molecule has 2 aromatic rings. The maximum atomic E-state index is 13.3. The Balaban J connectivity index is 1.68. The minimum atomic E-state index is -1.16. The van der Waals surface area contributed by atoms with Crippen LogP contribution in [0.3, 0.4) is 0 Å². The van der Waals surface area contributed by atoms with Gasteiger partial charge >= 0.3 is 0 Å². The van der Waals surface area contributed by atoms with E-state index in [0.717, 1.165) is 5.56 Å². The molecule has 1 fully saturated rings. The Morgan fingerprint density at radius 1 is 0.950 bits per heavy atom. The number of carbonyl (C=O) groups is 4. The SMILES string of the molecule is COC[C@H](NC(=O)c1cc(C)on1)C(=O)N[C@@H](COC)C(=O)N[C@@H](CCc1ccc(OC)cc1)C(=O)[C@@]1(C)CO1. The van der Waals surface area contributed by atoms with Crippen LogP contribution in [0.15, 0.2) is 34.9 Å². The van der Waals surface area contributed by atoms with E-state index in [1.54, 1.807) is 21.0 Å². The van der Waals surface area contributed by atoms with Gasteiger partial charge in [0, 0.05) is 20.3 Å². The molecule has 1 aromatic carbocycles. The quantitative estimate of drug-likeness (QED) is 0.243. The molecule has 1 saturated heterocycles. The van der Waals surface area contributed by atoms with Crippen molar-refractivity contribution in [3.63, 3.8) is 0 Å². The van der Waals surface area contributed by atoms with Crippen LogP contribution in [0.4, 0.5) is 0 Å². The number of ketones is 1. The highest BCUT2D eigenvalue weighted by Gasteiger charge is 2.50. The first-order chi connectivity index (χ1) is 19.1. The van der Waals surface area contributed by atoms with Gasteiger partial charge in [-0.25, -0.2) is 0 Å². The molecule has 4 atom stereocenters. The summed E-state index contributed by atoms with van der Waals surface area (Å²) in [6, 6.07) is 5.65. The number of ether oxygens (including phenoxy) is 4. The van der Waals surface area contributed by atoms with Gasteiger partial charge in [-0.05, 0) is 44.4 Å². The first-order valence-corrected chi connectivity index (χ1v) is 12.7. The zero-order valence-corrected chi connectivity index (χ0v) is 23.3. The maximum absolute atomic E-state index is 13.3. The summed E-state index contributed by atoms with van der Waals surface area (Å²) < 4.78 is 25.7. The first-order valence-electron chi connectivity index (χ1n) is 12.7. The molecule has 0 aliphatic carbocycles. The number of hydrogen-bond acceptors (Lipinski definition) is 10. The Morgan fingerprint density at radius 2 is 1.52 bits per heavy atom. The van der Waals surface area contributed by atoms with E-state index in [-0.39, 0.29) is 31.3 Å². The molecule has 13 nitrogen and oxygen atoms in total. The van der Waals surface area contributed by atoms with Gasteiger partial charge in [-0.15, -0.1) is 0 Å². The average molecular weight is 561 g/mol. The van der Waals surface area contributed by atoms with Crippen molar-refractivity contribution >= 4 is 23.5 Å². The van der Waals surface area contributed by atoms with Crippen LogP contribution in [0.2, 0.25) is 0 Å². The lowest BCUT2D eigenvalue weighted by Crippen LogP contribution is -2.58. The molecular weight excluding hydrogens is 524 g/mol. The van der Waals surface area contributed by atoms with E-state index in [1.165, 1.54) is 20.3 Å². The molecule has 3 N–H and O–H groups in total. The van der Waals surface area contributed by atoms with Crippen LogP contribution in [-0.2, 0) is 35.0 Å². The molecule has 40 heavy (non-hydrogen) atoms. The second-order valence-electron chi connectivity index (χ2n) is 9.65. The van der Waals surface area contributed by atoms with Crippen LogP contribution in [-0.4, -0.2) is 93.5 Å². The third-order valence-corrected chi connectivity index (χ3v) is 6.39. The molecule has 0 spiro atoms. The fourth-order valence-electron chi connectivity index (χ4n) is 3.94. The molecule has 1 aromatic heterocycles.